The number of imide groups is 1. The highest BCUT2D eigenvalue weighted by molar-refractivity contribution is 8.00. The first kappa shape index (κ1) is 48.4. The van der Waals surface area contributed by atoms with Gasteiger partial charge in [-0.15, -0.1) is 11.8 Å². The van der Waals surface area contributed by atoms with Gasteiger partial charge in [-0.05, 0) is 78.7 Å². The number of aliphatic hydroxyl groups excluding tert-OH is 1. The Bertz CT molecular complexity index is 1630. The maximum absolute atomic E-state index is 15.1. The summed E-state index contributed by atoms with van der Waals surface area (Å²) in [5.74, 6) is -1.67. The number of amides is 3. The normalized spacial score (nSPS) is 16.4. The zero-order valence-corrected chi connectivity index (χ0v) is 36.7. The number of esters is 1. The monoisotopic (exact) mass is 829 g/mol. The van der Waals surface area contributed by atoms with Crippen LogP contribution in [0.1, 0.15) is 119 Å². The fraction of sp³-hybridized carbons (Fsp3) is 0.674. The number of hydrogen-bond acceptors (Lipinski definition) is 12. The van der Waals surface area contributed by atoms with Gasteiger partial charge in [0.2, 0.25) is 5.91 Å². The summed E-state index contributed by atoms with van der Waals surface area (Å²) in [4.78, 5) is 74.4. The molecular formula is C43H67N5O9S. The molecule has 0 radical (unpaired) electrons. The number of alkyl carbamates (subject to hydrolysis) is 1. The summed E-state index contributed by atoms with van der Waals surface area (Å²) in [6.45, 7) is 16.3. The number of ether oxygens (including phenoxy) is 3. The van der Waals surface area contributed by atoms with Crippen LogP contribution in [-0.2, 0) is 41.4 Å². The minimum Gasteiger partial charge on any atom is -0.465 e. The number of imidazole rings is 1. The van der Waals surface area contributed by atoms with Crippen molar-refractivity contribution < 1.29 is 43.3 Å². The largest absolute Gasteiger partial charge is 0.465 e. The molecule has 1 heterocycles. The smallest absolute Gasteiger partial charge is 0.419 e. The third-order valence-corrected chi connectivity index (χ3v) is 10.8. The molecule has 1 aromatic heterocycles. The van der Waals surface area contributed by atoms with E-state index in [-0.39, 0.29) is 43.5 Å². The maximum Gasteiger partial charge on any atom is 0.419 e. The molecule has 1 aromatic carbocycles. The van der Waals surface area contributed by atoms with E-state index in [9.17, 15) is 24.3 Å². The number of rotatable bonds is 18. The molecule has 324 valence electrons. The molecule has 5 atom stereocenters. The van der Waals surface area contributed by atoms with Gasteiger partial charge in [0.1, 0.15) is 28.8 Å². The van der Waals surface area contributed by atoms with Crippen molar-refractivity contribution in [1.29, 1.82) is 0 Å². The Balaban J connectivity index is 2.10. The third kappa shape index (κ3) is 16.4. The minimum atomic E-state index is -1.34. The first-order chi connectivity index (χ1) is 27.2. The van der Waals surface area contributed by atoms with E-state index in [2.05, 4.69) is 10.3 Å². The van der Waals surface area contributed by atoms with E-state index in [0.717, 1.165) is 41.6 Å². The second-order valence-electron chi connectivity index (χ2n) is 17.6. The van der Waals surface area contributed by atoms with Gasteiger partial charge in [-0.2, -0.15) is 0 Å². The van der Waals surface area contributed by atoms with Gasteiger partial charge < -0.3 is 30.4 Å². The first-order valence-corrected chi connectivity index (χ1v) is 21.6. The summed E-state index contributed by atoms with van der Waals surface area (Å²) in [5, 5.41) is 14.3. The molecule has 4 N–H and O–H groups in total. The van der Waals surface area contributed by atoms with Crippen molar-refractivity contribution in [1.82, 2.24) is 19.8 Å². The Morgan fingerprint density at radius 2 is 1.60 bits per heavy atom. The number of nitrogens with zero attached hydrogens (tertiary/aromatic N) is 3. The predicted molar refractivity (Wildman–Crippen MR) is 224 cm³/mol. The number of nitrogens with one attached hydrogen (secondary N) is 1. The molecule has 14 nitrogen and oxygen atoms in total. The molecule has 0 aliphatic heterocycles. The Kier molecular flexibility index (Phi) is 18.7. The van der Waals surface area contributed by atoms with Crippen LogP contribution in [0, 0.1) is 11.8 Å². The molecule has 58 heavy (non-hydrogen) atoms. The molecule has 0 saturated heterocycles. The number of hydrogen-bond donors (Lipinski definition) is 3. The quantitative estimate of drug-likeness (QED) is 0.110. The van der Waals surface area contributed by atoms with E-state index in [4.69, 9.17) is 19.9 Å². The average Bonchev–Trinajstić information content (AvgIpc) is 3.60. The summed E-state index contributed by atoms with van der Waals surface area (Å²) in [5.41, 5.74) is 6.05. The van der Waals surface area contributed by atoms with Crippen LogP contribution in [0.5, 0.6) is 0 Å². The second-order valence-corrected chi connectivity index (χ2v) is 18.8. The number of carbonyl (C=O) groups is 5. The zero-order chi connectivity index (χ0) is 43.2. The van der Waals surface area contributed by atoms with E-state index in [0.29, 0.717) is 17.7 Å². The van der Waals surface area contributed by atoms with E-state index in [1.165, 1.54) is 24.3 Å². The molecule has 15 heteroatoms. The highest BCUT2D eigenvalue weighted by Gasteiger charge is 2.42. The Hall–Kier alpha value is -3.95. The van der Waals surface area contributed by atoms with E-state index in [1.807, 2.05) is 44.2 Å². The lowest BCUT2D eigenvalue weighted by Gasteiger charge is -2.39. The lowest BCUT2D eigenvalue weighted by molar-refractivity contribution is -0.153. The predicted octanol–water partition coefficient (Wildman–Crippen LogP) is 6.44. The van der Waals surface area contributed by atoms with Gasteiger partial charge in [0.25, 0.3) is 5.91 Å². The second kappa shape index (κ2) is 22.4. The molecule has 2 aromatic rings. The fourth-order valence-electron chi connectivity index (χ4n) is 6.90. The van der Waals surface area contributed by atoms with Crippen molar-refractivity contribution in [3.63, 3.8) is 0 Å². The van der Waals surface area contributed by atoms with Gasteiger partial charge in [0.05, 0.1) is 30.5 Å². The van der Waals surface area contributed by atoms with Gasteiger partial charge >= 0.3 is 18.2 Å². The van der Waals surface area contributed by atoms with Gasteiger partial charge in [-0.3, -0.25) is 19.3 Å². The van der Waals surface area contributed by atoms with E-state index >= 15 is 4.79 Å². The highest BCUT2D eigenvalue weighted by Crippen LogP contribution is 2.32. The third-order valence-electron chi connectivity index (χ3n) is 9.51. The number of aromatic nitrogens is 2. The van der Waals surface area contributed by atoms with Crippen LogP contribution in [-0.4, -0.2) is 103 Å². The molecule has 3 amide bonds. The molecule has 1 saturated carbocycles. The van der Waals surface area contributed by atoms with Crippen molar-refractivity contribution in [2.24, 2.45) is 17.6 Å². The lowest BCUT2D eigenvalue weighted by atomic mass is 9.83. The molecular weight excluding hydrogens is 763 g/mol. The van der Waals surface area contributed by atoms with Crippen LogP contribution in [0.15, 0.2) is 42.9 Å². The van der Waals surface area contributed by atoms with Gasteiger partial charge in [-0.25, -0.2) is 19.1 Å². The van der Waals surface area contributed by atoms with Crippen molar-refractivity contribution in [2.45, 2.75) is 161 Å². The van der Waals surface area contributed by atoms with Crippen LogP contribution in [0.3, 0.4) is 0 Å². The topological polar surface area (TPSA) is 192 Å². The Morgan fingerprint density at radius 3 is 2.19 bits per heavy atom. The summed E-state index contributed by atoms with van der Waals surface area (Å²) in [6.07, 6.45) is 5.27. The zero-order valence-electron chi connectivity index (χ0n) is 35.9. The van der Waals surface area contributed by atoms with Gasteiger partial charge in [0.15, 0.2) is 0 Å². The maximum atomic E-state index is 15.1. The van der Waals surface area contributed by atoms with Crippen LogP contribution < -0.4 is 11.1 Å². The standard InChI is InChI=1S/C43H67N5O9S/c1-10-55-39(52)36(21-28(2)3)58-26-35(49)34(23-30-19-15-12-16-20-30)48(37(50)32(44)24-31-25-47(27-45-31)41(54)57-43(7,8)9)38(51)33(22-29-17-13-11-14-18-29)46-40(53)56-42(4,5)6/h11,13-14,17-18,25,27-28,30,32-36,49H,10,12,15-16,19-24,26,44H2,1-9H3,(H,46,53)/t32-,33-,34-,35-,36-/m0/s1. The highest BCUT2D eigenvalue weighted by atomic mass is 32.2. The number of carbonyl (C=O) groups excluding carboxylic acids is 5. The molecule has 0 spiro atoms. The Labute approximate surface area is 348 Å². The van der Waals surface area contributed by atoms with Crippen LogP contribution in [0.2, 0.25) is 0 Å². The van der Waals surface area contributed by atoms with Crippen LogP contribution in [0.25, 0.3) is 0 Å². The summed E-state index contributed by atoms with van der Waals surface area (Å²) < 4.78 is 17.5. The molecule has 0 bridgehead atoms. The van der Waals surface area contributed by atoms with Crippen LogP contribution in [0.4, 0.5) is 9.59 Å². The van der Waals surface area contributed by atoms with E-state index < -0.39 is 70.7 Å². The first-order valence-electron chi connectivity index (χ1n) is 20.6. The Morgan fingerprint density at radius 1 is 0.966 bits per heavy atom. The fourth-order valence-corrected chi connectivity index (χ4v) is 8.27. The van der Waals surface area contributed by atoms with Gasteiger partial charge in [-0.1, -0.05) is 76.3 Å². The van der Waals surface area contributed by atoms with Crippen LogP contribution >= 0.6 is 11.8 Å². The summed E-state index contributed by atoms with van der Waals surface area (Å²) in [6, 6.07) is 5.37. The SMILES string of the molecule is CCOC(=O)[C@H](CC(C)C)SC[C@H](O)[C@H](CC1CCCCC1)N(C(=O)[C@H](Cc1ccccc1)NC(=O)OC(C)(C)C)C(=O)[C@@H](N)Cc1cn(C(=O)OC(C)(C)C)cn1. The number of aliphatic hydroxyl groups is 1. The molecule has 0 unspecified atom stereocenters. The van der Waals surface area contributed by atoms with Crippen molar-refractivity contribution in [2.75, 3.05) is 12.4 Å². The molecule has 1 aliphatic rings. The van der Waals surface area contributed by atoms with E-state index in [1.54, 1.807) is 48.5 Å². The lowest BCUT2D eigenvalue weighted by Crippen LogP contribution is -2.61. The number of nitrogens with two attached hydrogens (primary N) is 1. The number of benzene rings is 1. The minimum absolute atomic E-state index is 0.0124. The van der Waals surface area contributed by atoms with Gasteiger partial charge in [0, 0.05) is 24.8 Å². The number of thioether (sulfide) groups is 1. The molecule has 3 rings (SSSR count). The average molecular weight is 830 g/mol. The summed E-state index contributed by atoms with van der Waals surface area (Å²) in [7, 11) is 0. The van der Waals surface area contributed by atoms with Crippen molar-refractivity contribution in [3.05, 3.63) is 54.1 Å². The summed E-state index contributed by atoms with van der Waals surface area (Å²) >= 11 is 1.23. The van der Waals surface area contributed by atoms with Crippen molar-refractivity contribution >= 4 is 41.7 Å². The van der Waals surface area contributed by atoms with Crippen molar-refractivity contribution in [3.8, 4) is 0 Å². The molecule has 1 fully saturated rings. The molecule has 1 aliphatic carbocycles.